The van der Waals surface area contributed by atoms with Crippen LogP contribution in [0.15, 0.2) is 110 Å². The lowest BCUT2D eigenvalue weighted by atomic mass is 9.94. The second-order valence-electron chi connectivity index (χ2n) is 7.20. The van der Waals surface area contributed by atoms with E-state index in [2.05, 4.69) is 20.7 Å². The third-order valence-corrected chi connectivity index (χ3v) is 7.25. The molecule has 2 aliphatic heterocycles. The van der Waals surface area contributed by atoms with Gasteiger partial charge < -0.3 is 4.55 Å². The van der Waals surface area contributed by atoms with E-state index in [0.717, 1.165) is 11.1 Å². The highest BCUT2D eigenvalue weighted by molar-refractivity contribution is 8.06. The van der Waals surface area contributed by atoms with Gasteiger partial charge in [0.1, 0.15) is 10.2 Å². The van der Waals surface area contributed by atoms with Crippen molar-refractivity contribution in [1.29, 1.82) is 0 Å². The first-order chi connectivity index (χ1) is 15.1. The highest BCUT2D eigenvalue weighted by Gasteiger charge is 2.42. The maximum Gasteiger partial charge on any atom is 0.210 e. The van der Waals surface area contributed by atoms with Crippen LogP contribution in [0.5, 0.6) is 0 Å². The Morgan fingerprint density at radius 2 is 1.48 bits per heavy atom. The van der Waals surface area contributed by atoms with Crippen molar-refractivity contribution in [3.05, 3.63) is 107 Å². The number of carbonyl (C=O) groups excluding carboxylic acids is 1. The second-order valence-corrected chi connectivity index (χ2v) is 9.06. The molecule has 0 aromatic heterocycles. The molecule has 3 aromatic carbocycles. The van der Waals surface area contributed by atoms with Gasteiger partial charge in [0.2, 0.25) is 6.17 Å². The molecule has 0 radical (unpaired) electrons. The van der Waals surface area contributed by atoms with Crippen molar-refractivity contribution in [1.82, 2.24) is 0 Å². The topological polar surface area (TPSA) is 107 Å². The van der Waals surface area contributed by atoms with E-state index in [9.17, 15) is 13.6 Å². The zero-order valence-electron chi connectivity index (χ0n) is 16.2. The van der Waals surface area contributed by atoms with Crippen molar-refractivity contribution in [2.24, 2.45) is 20.7 Å². The van der Waals surface area contributed by atoms with Crippen LogP contribution < -0.4 is 0 Å². The molecule has 1 unspecified atom stereocenters. The Balaban J connectivity index is 1.62. The lowest BCUT2D eigenvalue weighted by Crippen LogP contribution is -2.26. The van der Waals surface area contributed by atoms with E-state index >= 15 is 0 Å². The first-order valence-corrected chi connectivity index (χ1v) is 11.1. The number of allylic oxidation sites excluding steroid dienone is 1. The molecule has 0 spiro atoms. The molecule has 0 aliphatic carbocycles. The fourth-order valence-corrected chi connectivity index (χ4v) is 5.68. The van der Waals surface area contributed by atoms with Crippen molar-refractivity contribution < 1.29 is 13.6 Å². The van der Waals surface area contributed by atoms with Gasteiger partial charge in [0.05, 0.1) is 11.1 Å². The molecule has 0 amide bonds. The molecular weight excluding hydrogens is 412 g/mol. The summed E-state index contributed by atoms with van der Waals surface area (Å²) in [7, 11) is -3.86. The quantitative estimate of drug-likeness (QED) is 0.522. The van der Waals surface area contributed by atoms with Crippen LogP contribution in [0.2, 0.25) is 0 Å². The van der Waals surface area contributed by atoms with Crippen LogP contribution in [-0.4, -0.2) is 10.3 Å². The zero-order valence-corrected chi connectivity index (χ0v) is 17.0. The molecule has 0 saturated carbocycles. The average molecular weight is 428 g/mol. The molecule has 8 heteroatoms. The summed E-state index contributed by atoms with van der Waals surface area (Å²) in [5.41, 5.74) is 2.60. The Bertz CT molecular complexity index is 1300. The lowest BCUT2D eigenvalue weighted by Gasteiger charge is -2.26. The maximum atomic E-state index is 13.5. The first-order valence-electron chi connectivity index (χ1n) is 9.62. The van der Waals surface area contributed by atoms with Crippen LogP contribution in [0.3, 0.4) is 0 Å². The number of hydrogen-bond donors (Lipinski definition) is 0. The Labute approximate surface area is 179 Å². The zero-order chi connectivity index (χ0) is 21.4. The number of Topliss-reactive ketones (excluding diaryl/α,β-unsaturated/α-hetero) is 1. The van der Waals surface area contributed by atoms with Gasteiger partial charge in [0, 0.05) is 17.5 Å². The standard InChI is InChI=1S/C23H16N4O3S/c28-21-18-8-4-5-9-20(18)31(29,30)22(16-6-2-1-3-7-16)19(21)14-15-10-12-17(13-11-15)23-24-26-27-25-23/h1-13,23H,14H2. The van der Waals surface area contributed by atoms with E-state index in [4.69, 9.17) is 0 Å². The average Bonchev–Trinajstić information content (AvgIpc) is 3.34. The van der Waals surface area contributed by atoms with Crippen LogP contribution in [0.25, 0.3) is 4.91 Å². The van der Waals surface area contributed by atoms with E-state index in [-0.39, 0.29) is 33.1 Å². The van der Waals surface area contributed by atoms with Gasteiger partial charge >= 0.3 is 0 Å². The van der Waals surface area contributed by atoms with Gasteiger partial charge in [-0.05, 0) is 40.3 Å². The Morgan fingerprint density at radius 3 is 2.19 bits per heavy atom. The summed E-state index contributed by atoms with van der Waals surface area (Å²) in [4.78, 5) is 13.5. The fourth-order valence-electron chi connectivity index (χ4n) is 3.82. The largest absolute Gasteiger partial charge is 0.605 e. The maximum absolute atomic E-state index is 13.5. The molecule has 2 aliphatic rings. The number of hydrogen-bond acceptors (Lipinski definition) is 7. The van der Waals surface area contributed by atoms with E-state index < -0.39 is 16.4 Å². The number of sulfone groups is 1. The van der Waals surface area contributed by atoms with Crippen LogP contribution in [0.1, 0.15) is 33.2 Å². The summed E-state index contributed by atoms with van der Waals surface area (Å²) in [6.07, 6.45) is -0.276. The molecule has 3 aromatic rings. The van der Waals surface area contributed by atoms with Gasteiger partial charge in [-0.1, -0.05) is 58.8 Å². The van der Waals surface area contributed by atoms with Crippen LogP contribution in [-0.2, 0) is 20.8 Å². The third kappa shape index (κ3) is 3.35. The molecule has 0 N–H and O–H groups in total. The third-order valence-electron chi connectivity index (χ3n) is 5.29. The van der Waals surface area contributed by atoms with Gasteiger partial charge in [-0.25, -0.2) is 0 Å². The van der Waals surface area contributed by atoms with Gasteiger partial charge in [0.25, 0.3) is 0 Å². The number of benzene rings is 3. The van der Waals surface area contributed by atoms with E-state index in [1.165, 1.54) is 6.07 Å². The fraction of sp³-hybridized carbons (Fsp3) is 0.0870. The summed E-state index contributed by atoms with van der Waals surface area (Å²) in [5.74, 6) is -0.272. The summed E-state index contributed by atoms with van der Waals surface area (Å²) in [6, 6.07) is 22.5. The summed E-state index contributed by atoms with van der Waals surface area (Å²) in [6.45, 7) is 0. The predicted octanol–water partition coefficient (Wildman–Crippen LogP) is 5.36. The minimum atomic E-state index is -3.86. The molecule has 0 bridgehead atoms. The highest BCUT2D eigenvalue weighted by atomic mass is 32.3. The van der Waals surface area contributed by atoms with Gasteiger partial charge in [-0.15, -0.1) is 10.2 Å². The normalized spacial score (nSPS) is 20.4. The van der Waals surface area contributed by atoms with Crippen molar-refractivity contribution in [2.75, 3.05) is 0 Å². The summed E-state index contributed by atoms with van der Waals surface area (Å²) in [5, 5.41) is 14.8. The smallest absolute Gasteiger partial charge is 0.210 e. The summed E-state index contributed by atoms with van der Waals surface area (Å²) >= 11 is 0. The Morgan fingerprint density at radius 1 is 0.839 bits per heavy atom. The number of nitrogens with zero attached hydrogens (tertiary/aromatic N) is 4. The summed E-state index contributed by atoms with van der Waals surface area (Å²) < 4.78 is 27.0. The number of rotatable bonds is 4. The molecular formula is C23H16N4O3S. The van der Waals surface area contributed by atoms with E-state index in [1.807, 2.05) is 30.3 Å². The molecule has 2 heterocycles. The second kappa shape index (κ2) is 7.57. The van der Waals surface area contributed by atoms with Crippen molar-refractivity contribution in [3.8, 4) is 0 Å². The number of ketones is 1. The Hall–Kier alpha value is -3.62. The molecule has 1 atom stereocenters. The molecule has 0 saturated heterocycles. The SMILES string of the molecule is O=C1C(Cc2ccc(C3N=NN=N3)cc2)=C(c2ccccc2)[S+](=O)([O-])c2ccccc21. The molecule has 152 valence electrons. The molecule has 31 heavy (non-hydrogen) atoms. The van der Waals surface area contributed by atoms with E-state index in [0.29, 0.717) is 5.56 Å². The van der Waals surface area contributed by atoms with Crippen LogP contribution in [0.4, 0.5) is 0 Å². The van der Waals surface area contributed by atoms with Crippen molar-refractivity contribution >= 4 is 20.9 Å². The highest BCUT2D eigenvalue weighted by Crippen LogP contribution is 2.43. The van der Waals surface area contributed by atoms with Crippen molar-refractivity contribution in [3.63, 3.8) is 0 Å². The minimum absolute atomic E-state index is 0.0508. The van der Waals surface area contributed by atoms with Crippen LogP contribution >= 0.6 is 0 Å². The van der Waals surface area contributed by atoms with Gasteiger partial charge in [-0.2, -0.15) is 0 Å². The van der Waals surface area contributed by atoms with Gasteiger partial charge in [-0.3, -0.25) is 4.79 Å². The first kappa shape index (κ1) is 19.3. The predicted molar refractivity (Wildman–Crippen MR) is 114 cm³/mol. The van der Waals surface area contributed by atoms with Gasteiger partial charge in [0.15, 0.2) is 15.6 Å². The number of carbonyl (C=O) groups is 1. The molecule has 0 fully saturated rings. The Kier molecular flexibility index (Phi) is 4.72. The van der Waals surface area contributed by atoms with Crippen LogP contribution in [0, 0.1) is 0 Å². The minimum Gasteiger partial charge on any atom is -0.605 e. The molecule has 7 nitrogen and oxygen atoms in total. The monoisotopic (exact) mass is 428 g/mol. The number of fused-ring (bicyclic) bond motifs is 1. The van der Waals surface area contributed by atoms with E-state index in [1.54, 1.807) is 42.5 Å². The van der Waals surface area contributed by atoms with Crippen molar-refractivity contribution in [2.45, 2.75) is 17.5 Å². The molecule has 5 rings (SSSR count). The lowest BCUT2D eigenvalue weighted by molar-refractivity contribution is 0.102.